The fourth-order valence-electron chi connectivity index (χ4n) is 5.04. The smallest absolute Gasteiger partial charge is 0.325 e. The molecule has 3 aliphatic heterocycles. The second-order valence-electron chi connectivity index (χ2n) is 9.27. The second-order valence-corrected chi connectivity index (χ2v) is 9.27. The molecular formula is C23H32N4O3. The Hall–Kier alpha value is -2.41. The quantitative estimate of drug-likeness (QED) is 0.771. The van der Waals surface area contributed by atoms with Crippen LogP contribution in [0.3, 0.4) is 0 Å². The van der Waals surface area contributed by atoms with Gasteiger partial charge in [0.25, 0.3) is 11.8 Å². The number of likely N-dealkylation sites (tertiary alicyclic amines) is 2. The van der Waals surface area contributed by atoms with Gasteiger partial charge in [-0.25, -0.2) is 4.79 Å². The number of hydrogen-bond acceptors (Lipinski definition) is 4. The van der Waals surface area contributed by atoms with E-state index in [0.29, 0.717) is 50.3 Å². The molecule has 0 unspecified atom stereocenters. The highest BCUT2D eigenvalue weighted by Gasteiger charge is 2.54. The highest BCUT2D eigenvalue weighted by molar-refractivity contribution is 6.07. The number of hydrogen-bond donors (Lipinski definition) is 1. The Morgan fingerprint density at radius 3 is 2.30 bits per heavy atom. The van der Waals surface area contributed by atoms with Crippen LogP contribution in [0.2, 0.25) is 0 Å². The molecule has 162 valence electrons. The third-order valence-electron chi connectivity index (χ3n) is 6.66. The van der Waals surface area contributed by atoms with Gasteiger partial charge in [-0.2, -0.15) is 0 Å². The lowest BCUT2D eigenvalue weighted by molar-refractivity contribution is -0.135. The maximum Gasteiger partial charge on any atom is 0.325 e. The van der Waals surface area contributed by atoms with Crippen LogP contribution in [0.25, 0.3) is 0 Å². The number of nitrogens with one attached hydrogen (secondary N) is 1. The van der Waals surface area contributed by atoms with Crippen LogP contribution in [-0.4, -0.2) is 76.8 Å². The van der Waals surface area contributed by atoms with E-state index in [1.54, 1.807) is 0 Å². The number of piperidine rings is 2. The Kier molecular flexibility index (Phi) is 5.82. The summed E-state index contributed by atoms with van der Waals surface area (Å²) < 4.78 is 0. The lowest BCUT2D eigenvalue weighted by atomic mass is 9.86. The molecule has 3 heterocycles. The van der Waals surface area contributed by atoms with E-state index in [1.807, 2.05) is 35.2 Å². The lowest BCUT2D eigenvalue weighted by Crippen LogP contribution is -2.56. The first-order valence-electron chi connectivity index (χ1n) is 11.1. The first-order chi connectivity index (χ1) is 14.4. The molecule has 0 aliphatic carbocycles. The highest BCUT2D eigenvalue weighted by Crippen LogP contribution is 2.33. The number of urea groups is 1. The van der Waals surface area contributed by atoms with Crippen LogP contribution in [0.15, 0.2) is 30.3 Å². The molecule has 0 radical (unpaired) electrons. The molecule has 0 saturated carbocycles. The summed E-state index contributed by atoms with van der Waals surface area (Å²) in [4.78, 5) is 44.4. The average molecular weight is 413 g/mol. The van der Waals surface area contributed by atoms with E-state index in [1.165, 1.54) is 4.90 Å². The summed E-state index contributed by atoms with van der Waals surface area (Å²) in [7, 11) is 0. The van der Waals surface area contributed by atoms with Crippen LogP contribution in [-0.2, 0) is 4.79 Å². The van der Waals surface area contributed by atoms with Crippen LogP contribution < -0.4 is 5.32 Å². The third kappa shape index (κ3) is 3.95. The molecule has 0 aromatic heterocycles. The SMILES string of the molecule is CC(C)CN1CCC2(CC1)NC(=O)N(C1CCN(C(=O)c3ccccc3)CC1)C2=O. The summed E-state index contributed by atoms with van der Waals surface area (Å²) in [5, 5.41) is 3.03. The maximum atomic E-state index is 13.3. The highest BCUT2D eigenvalue weighted by atomic mass is 16.2. The van der Waals surface area contributed by atoms with Crippen LogP contribution in [0.5, 0.6) is 0 Å². The Labute approximate surface area is 178 Å². The second kappa shape index (κ2) is 8.38. The van der Waals surface area contributed by atoms with Gasteiger partial charge in [-0.1, -0.05) is 32.0 Å². The zero-order valence-electron chi connectivity index (χ0n) is 18.0. The van der Waals surface area contributed by atoms with Gasteiger partial charge in [0.15, 0.2) is 0 Å². The van der Waals surface area contributed by atoms with Crippen LogP contribution in [0, 0.1) is 5.92 Å². The van der Waals surface area contributed by atoms with Gasteiger partial charge in [0.2, 0.25) is 0 Å². The van der Waals surface area contributed by atoms with Crippen molar-refractivity contribution >= 4 is 17.8 Å². The first kappa shape index (κ1) is 20.8. The molecule has 3 aliphatic rings. The molecule has 30 heavy (non-hydrogen) atoms. The fraction of sp³-hybridized carbons (Fsp3) is 0.609. The van der Waals surface area contributed by atoms with Gasteiger partial charge in [0, 0.05) is 44.3 Å². The average Bonchev–Trinajstić information content (AvgIpc) is 2.99. The van der Waals surface area contributed by atoms with E-state index < -0.39 is 5.54 Å². The molecule has 7 heteroatoms. The Bertz CT molecular complexity index is 794. The molecule has 7 nitrogen and oxygen atoms in total. The van der Waals surface area contributed by atoms with Crippen molar-refractivity contribution in [1.29, 1.82) is 0 Å². The fourth-order valence-corrected chi connectivity index (χ4v) is 5.04. The molecule has 1 aromatic carbocycles. The molecule has 0 bridgehead atoms. The summed E-state index contributed by atoms with van der Waals surface area (Å²) in [6.45, 7) is 8.21. The number of rotatable bonds is 4. The Morgan fingerprint density at radius 1 is 1.07 bits per heavy atom. The van der Waals surface area contributed by atoms with Crippen molar-refractivity contribution in [2.75, 3.05) is 32.7 Å². The maximum absolute atomic E-state index is 13.3. The number of carbonyl (C=O) groups excluding carboxylic acids is 3. The predicted molar refractivity (Wildman–Crippen MR) is 114 cm³/mol. The molecule has 1 N–H and O–H groups in total. The molecule has 4 rings (SSSR count). The Balaban J connectivity index is 1.36. The van der Waals surface area contributed by atoms with Gasteiger partial charge >= 0.3 is 6.03 Å². The summed E-state index contributed by atoms with van der Waals surface area (Å²) in [6.07, 6.45) is 2.61. The molecule has 0 atom stereocenters. The van der Waals surface area contributed by atoms with Crippen molar-refractivity contribution in [2.24, 2.45) is 5.92 Å². The van der Waals surface area contributed by atoms with Gasteiger partial charge in [0.1, 0.15) is 5.54 Å². The van der Waals surface area contributed by atoms with Crippen molar-refractivity contribution < 1.29 is 14.4 Å². The monoisotopic (exact) mass is 412 g/mol. The summed E-state index contributed by atoms with van der Waals surface area (Å²) in [5.41, 5.74) is -0.0558. The number of carbonyl (C=O) groups is 3. The van der Waals surface area contributed by atoms with E-state index >= 15 is 0 Å². The van der Waals surface area contributed by atoms with Crippen LogP contribution >= 0.6 is 0 Å². The molecule has 3 saturated heterocycles. The third-order valence-corrected chi connectivity index (χ3v) is 6.66. The number of imide groups is 1. The number of nitrogens with zero attached hydrogens (tertiary/aromatic N) is 3. The largest absolute Gasteiger partial charge is 0.338 e. The topological polar surface area (TPSA) is 73.0 Å². The van der Waals surface area contributed by atoms with Crippen LogP contribution in [0.4, 0.5) is 4.79 Å². The van der Waals surface area contributed by atoms with Crippen molar-refractivity contribution in [2.45, 2.75) is 51.1 Å². The lowest BCUT2D eigenvalue weighted by Gasteiger charge is -2.39. The predicted octanol–water partition coefficient (Wildman–Crippen LogP) is 2.33. The Morgan fingerprint density at radius 2 is 1.70 bits per heavy atom. The molecule has 4 amide bonds. The molecule has 1 spiro atoms. The van der Waals surface area contributed by atoms with Gasteiger partial charge in [0.05, 0.1) is 0 Å². The van der Waals surface area contributed by atoms with Crippen molar-refractivity contribution in [3.63, 3.8) is 0 Å². The minimum Gasteiger partial charge on any atom is -0.338 e. The molecule has 1 aromatic rings. The van der Waals surface area contributed by atoms with Crippen molar-refractivity contribution in [3.05, 3.63) is 35.9 Å². The van der Waals surface area contributed by atoms with E-state index in [2.05, 4.69) is 24.1 Å². The minimum absolute atomic E-state index is 0.0141. The zero-order valence-corrected chi connectivity index (χ0v) is 18.0. The van der Waals surface area contributed by atoms with Gasteiger partial charge in [-0.3, -0.25) is 14.5 Å². The van der Waals surface area contributed by atoms with Crippen molar-refractivity contribution in [1.82, 2.24) is 20.0 Å². The zero-order chi connectivity index (χ0) is 21.3. The van der Waals surface area contributed by atoms with E-state index in [-0.39, 0.29) is 23.9 Å². The number of benzene rings is 1. The molecule has 3 fully saturated rings. The van der Waals surface area contributed by atoms with Crippen molar-refractivity contribution in [3.8, 4) is 0 Å². The minimum atomic E-state index is -0.735. The van der Waals surface area contributed by atoms with E-state index in [4.69, 9.17) is 0 Å². The normalized spacial score (nSPS) is 22.8. The van der Waals surface area contributed by atoms with Gasteiger partial charge in [-0.05, 0) is 43.7 Å². The summed E-state index contributed by atoms with van der Waals surface area (Å²) in [5.74, 6) is 0.540. The summed E-state index contributed by atoms with van der Waals surface area (Å²) >= 11 is 0. The molecular weight excluding hydrogens is 380 g/mol. The van der Waals surface area contributed by atoms with E-state index in [0.717, 1.165) is 19.6 Å². The number of amides is 4. The van der Waals surface area contributed by atoms with Gasteiger partial charge < -0.3 is 15.1 Å². The summed E-state index contributed by atoms with van der Waals surface area (Å²) in [6, 6.07) is 8.86. The standard InChI is InChI=1S/C23H32N4O3/c1-17(2)16-25-14-10-23(11-15-25)21(29)27(22(30)24-23)19-8-12-26(13-9-19)20(28)18-6-4-3-5-7-18/h3-7,17,19H,8-16H2,1-2H3,(H,24,30). The van der Waals surface area contributed by atoms with E-state index in [9.17, 15) is 14.4 Å². The van der Waals surface area contributed by atoms with Crippen LogP contribution in [0.1, 0.15) is 49.9 Å². The van der Waals surface area contributed by atoms with Gasteiger partial charge in [-0.15, -0.1) is 0 Å². The first-order valence-corrected chi connectivity index (χ1v) is 11.1.